The van der Waals surface area contributed by atoms with Crippen molar-refractivity contribution in [2.45, 2.75) is 37.7 Å². The van der Waals surface area contributed by atoms with Gasteiger partial charge in [0, 0.05) is 37.2 Å². The molecule has 1 heterocycles. The Balaban J connectivity index is 0.00000420. The molecule has 1 fully saturated rings. The largest absolute Gasteiger partial charge is 0.511 e. The van der Waals surface area contributed by atoms with Gasteiger partial charge in [-0.1, -0.05) is 23.7 Å². The molecule has 0 aliphatic carbocycles. The van der Waals surface area contributed by atoms with Crippen molar-refractivity contribution in [1.29, 1.82) is 0 Å². The van der Waals surface area contributed by atoms with Gasteiger partial charge in [0.1, 0.15) is 0 Å². The summed E-state index contributed by atoms with van der Waals surface area (Å²) in [7, 11) is -5.26. The Kier molecular flexibility index (Phi) is 10.5. The van der Waals surface area contributed by atoms with Gasteiger partial charge in [0.2, 0.25) is 0 Å². The third-order valence-electron chi connectivity index (χ3n) is 4.36. The highest BCUT2D eigenvalue weighted by Crippen LogP contribution is 2.28. The molecule has 0 atom stereocenters. The first-order valence-electron chi connectivity index (χ1n) is 8.99. The van der Waals surface area contributed by atoms with Crippen molar-refractivity contribution < 1.29 is 21.6 Å². The van der Waals surface area contributed by atoms with E-state index in [2.05, 4.69) is 15.6 Å². The van der Waals surface area contributed by atoms with Crippen molar-refractivity contribution in [2.24, 2.45) is 4.99 Å². The lowest BCUT2D eigenvalue weighted by atomic mass is 10.1. The molecule has 0 amide bonds. The Hall–Kier alpha value is -0.790. The maximum absolute atomic E-state index is 12.6. The molecule has 1 aromatic rings. The number of guanidine groups is 1. The highest BCUT2D eigenvalue weighted by atomic mass is 127. The Bertz CT molecular complexity index is 768. The van der Waals surface area contributed by atoms with Crippen molar-refractivity contribution in [3.63, 3.8) is 0 Å². The van der Waals surface area contributed by atoms with Crippen LogP contribution in [-0.2, 0) is 16.4 Å². The van der Waals surface area contributed by atoms with E-state index in [4.69, 9.17) is 11.6 Å². The zero-order chi connectivity index (χ0) is 20.8. The number of halogens is 5. The Morgan fingerprint density at radius 1 is 1.24 bits per heavy atom. The summed E-state index contributed by atoms with van der Waals surface area (Å²) in [6.07, 6.45) is 1.27. The number of benzene rings is 1. The molecule has 0 spiro atoms. The fourth-order valence-corrected chi connectivity index (χ4v) is 3.96. The SMILES string of the molecule is CCNC(=NCCc1ccc(Cl)cc1)NC1CCN(S(=O)(=O)C(F)(F)F)CC1.I. The van der Waals surface area contributed by atoms with Gasteiger partial charge in [-0.2, -0.15) is 17.5 Å². The van der Waals surface area contributed by atoms with Crippen LogP contribution >= 0.6 is 35.6 Å². The van der Waals surface area contributed by atoms with Gasteiger partial charge in [-0.3, -0.25) is 4.99 Å². The molecule has 2 rings (SSSR count). The van der Waals surface area contributed by atoms with Gasteiger partial charge in [-0.15, -0.1) is 24.0 Å². The van der Waals surface area contributed by atoms with Gasteiger partial charge in [-0.05, 0) is 43.9 Å². The van der Waals surface area contributed by atoms with Crippen molar-refractivity contribution in [3.05, 3.63) is 34.9 Å². The second-order valence-corrected chi connectivity index (χ2v) is 8.77. The molecule has 1 aliphatic rings. The van der Waals surface area contributed by atoms with Gasteiger partial charge < -0.3 is 10.6 Å². The van der Waals surface area contributed by atoms with E-state index in [9.17, 15) is 21.6 Å². The fourth-order valence-electron chi connectivity index (χ4n) is 2.85. The minimum atomic E-state index is -5.26. The molecule has 12 heteroatoms. The minimum Gasteiger partial charge on any atom is -0.357 e. The van der Waals surface area contributed by atoms with Crippen LogP contribution in [0.5, 0.6) is 0 Å². The summed E-state index contributed by atoms with van der Waals surface area (Å²) in [6, 6.07) is 7.33. The third kappa shape index (κ3) is 7.76. The highest BCUT2D eigenvalue weighted by molar-refractivity contribution is 14.0. The number of alkyl halides is 3. The molecule has 0 bridgehead atoms. The van der Waals surface area contributed by atoms with Crippen LogP contribution in [0.3, 0.4) is 0 Å². The van der Waals surface area contributed by atoms with Crippen molar-refractivity contribution >= 4 is 51.6 Å². The van der Waals surface area contributed by atoms with Crippen LogP contribution in [-0.4, -0.2) is 56.4 Å². The smallest absolute Gasteiger partial charge is 0.357 e. The van der Waals surface area contributed by atoms with Crippen LogP contribution in [0.4, 0.5) is 13.2 Å². The van der Waals surface area contributed by atoms with Crippen LogP contribution in [0.15, 0.2) is 29.3 Å². The van der Waals surface area contributed by atoms with E-state index < -0.39 is 15.5 Å². The van der Waals surface area contributed by atoms with Crippen molar-refractivity contribution in [1.82, 2.24) is 14.9 Å². The third-order valence-corrected chi connectivity index (χ3v) is 6.24. The van der Waals surface area contributed by atoms with Crippen LogP contribution in [0.1, 0.15) is 25.3 Å². The van der Waals surface area contributed by atoms with E-state index in [1.165, 1.54) is 0 Å². The van der Waals surface area contributed by atoms with Gasteiger partial charge >= 0.3 is 15.5 Å². The lowest BCUT2D eigenvalue weighted by Crippen LogP contribution is -2.51. The summed E-state index contributed by atoms with van der Waals surface area (Å²) in [5.74, 6) is 0.564. The average molecular weight is 569 g/mol. The Labute approximate surface area is 191 Å². The van der Waals surface area contributed by atoms with E-state index >= 15 is 0 Å². The lowest BCUT2D eigenvalue weighted by Gasteiger charge is -2.32. The molecule has 29 heavy (non-hydrogen) atoms. The lowest BCUT2D eigenvalue weighted by molar-refractivity contribution is -0.0494. The summed E-state index contributed by atoms with van der Waals surface area (Å²) >= 11 is 5.86. The van der Waals surface area contributed by atoms with E-state index in [1.54, 1.807) is 0 Å². The van der Waals surface area contributed by atoms with Crippen LogP contribution in [0, 0.1) is 0 Å². The summed E-state index contributed by atoms with van der Waals surface area (Å²) in [5, 5.41) is 6.94. The quantitative estimate of drug-likeness (QED) is 0.314. The number of hydrogen-bond acceptors (Lipinski definition) is 3. The molecular weight excluding hydrogens is 544 g/mol. The number of hydrogen-bond donors (Lipinski definition) is 2. The number of rotatable bonds is 6. The maximum atomic E-state index is 12.6. The van der Waals surface area contributed by atoms with Crippen LogP contribution in [0.2, 0.25) is 5.02 Å². The predicted octanol–water partition coefficient (Wildman–Crippen LogP) is 3.37. The summed E-state index contributed by atoms with van der Waals surface area (Å²) in [5.41, 5.74) is -4.17. The van der Waals surface area contributed by atoms with Crippen LogP contribution in [0.25, 0.3) is 0 Å². The van der Waals surface area contributed by atoms with E-state index in [0.717, 1.165) is 12.0 Å². The molecule has 1 aliphatic heterocycles. The molecule has 0 radical (unpaired) electrons. The maximum Gasteiger partial charge on any atom is 0.511 e. The number of piperidine rings is 1. The molecule has 0 aromatic heterocycles. The monoisotopic (exact) mass is 568 g/mol. The molecule has 6 nitrogen and oxygen atoms in total. The van der Waals surface area contributed by atoms with Gasteiger partial charge in [0.25, 0.3) is 0 Å². The molecule has 0 saturated carbocycles. The Morgan fingerprint density at radius 3 is 2.34 bits per heavy atom. The van der Waals surface area contributed by atoms with Crippen molar-refractivity contribution in [2.75, 3.05) is 26.2 Å². The first-order chi connectivity index (χ1) is 13.1. The molecule has 2 N–H and O–H groups in total. The Morgan fingerprint density at radius 2 is 1.83 bits per heavy atom. The second kappa shape index (κ2) is 11.6. The number of nitrogens with zero attached hydrogens (tertiary/aromatic N) is 2. The summed E-state index contributed by atoms with van der Waals surface area (Å²) < 4.78 is 61.4. The minimum absolute atomic E-state index is 0. The molecular formula is C17H25ClF3IN4O2S. The molecule has 166 valence electrons. The molecule has 1 saturated heterocycles. The summed E-state index contributed by atoms with van der Waals surface area (Å²) in [6.45, 7) is 2.72. The van der Waals surface area contributed by atoms with E-state index in [0.29, 0.717) is 28.4 Å². The van der Waals surface area contributed by atoms with Gasteiger partial charge in [0.15, 0.2) is 5.96 Å². The first kappa shape index (κ1) is 26.2. The topological polar surface area (TPSA) is 73.8 Å². The average Bonchev–Trinajstić information content (AvgIpc) is 2.63. The number of aliphatic imine (C=N–C) groups is 1. The standard InChI is InChI=1S/C17H24ClF3N4O2S.HI/c1-2-22-16(23-10-7-13-3-5-14(18)6-4-13)24-15-8-11-25(12-9-15)28(26,27)17(19,20)21;/h3-6,15H,2,7-12H2,1H3,(H2,22,23,24);1H. The molecule has 1 aromatic carbocycles. The van der Waals surface area contributed by atoms with Crippen molar-refractivity contribution in [3.8, 4) is 0 Å². The first-order valence-corrected chi connectivity index (χ1v) is 10.8. The summed E-state index contributed by atoms with van der Waals surface area (Å²) in [4.78, 5) is 4.48. The number of nitrogens with one attached hydrogen (secondary N) is 2. The predicted molar refractivity (Wildman–Crippen MR) is 119 cm³/mol. The van der Waals surface area contributed by atoms with E-state index in [1.807, 2.05) is 31.2 Å². The zero-order valence-corrected chi connectivity index (χ0v) is 19.8. The van der Waals surface area contributed by atoms with Gasteiger partial charge in [0.05, 0.1) is 0 Å². The fraction of sp³-hybridized carbons (Fsp3) is 0.588. The highest BCUT2D eigenvalue weighted by Gasteiger charge is 2.50. The molecule has 0 unspecified atom stereocenters. The normalized spacial score (nSPS) is 16.9. The number of sulfonamides is 1. The van der Waals surface area contributed by atoms with Gasteiger partial charge in [-0.25, -0.2) is 8.42 Å². The zero-order valence-electron chi connectivity index (χ0n) is 15.9. The van der Waals surface area contributed by atoms with E-state index in [-0.39, 0.29) is 55.9 Å². The second-order valence-electron chi connectivity index (χ2n) is 6.41. The van der Waals surface area contributed by atoms with Crippen LogP contribution < -0.4 is 10.6 Å².